The number of amides is 2. The fourth-order valence-electron chi connectivity index (χ4n) is 3.71. The number of nitrogens with one attached hydrogen (secondary N) is 1. The van der Waals surface area contributed by atoms with Gasteiger partial charge in [0.05, 0.1) is 13.0 Å². The first-order valence-electron chi connectivity index (χ1n) is 11.2. The van der Waals surface area contributed by atoms with Gasteiger partial charge in [-0.25, -0.2) is 8.78 Å². The number of hydrogen-bond acceptors (Lipinski definition) is 2. The Morgan fingerprint density at radius 1 is 0.686 bits per heavy atom. The van der Waals surface area contributed by atoms with Gasteiger partial charge in [-0.15, -0.1) is 0 Å². The minimum Gasteiger partial charge on any atom is -0.352 e. The molecule has 0 fully saturated rings. The van der Waals surface area contributed by atoms with Crippen molar-refractivity contribution in [3.05, 3.63) is 137 Å². The SMILES string of the molecule is O=C(Cc1cccc(N(Cc2ccccc2)C(=O)c2cccc(F)c2)c1)NCc1ccc(F)cc1. The molecule has 0 aliphatic rings. The predicted molar refractivity (Wildman–Crippen MR) is 132 cm³/mol. The van der Waals surface area contributed by atoms with Crippen molar-refractivity contribution in [3.8, 4) is 0 Å². The van der Waals surface area contributed by atoms with Gasteiger partial charge < -0.3 is 10.2 Å². The molecule has 0 heterocycles. The number of carbonyl (C=O) groups is 2. The molecule has 4 aromatic carbocycles. The van der Waals surface area contributed by atoms with Gasteiger partial charge in [0, 0.05) is 17.8 Å². The standard InChI is InChI=1S/C29H24F2N2O2/c30-25-14-12-21(13-15-25)19-32-28(34)17-23-8-4-11-27(16-23)33(20-22-6-2-1-3-7-22)29(35)24-9-5-10-26(31)18-24/h1-16,18H,17,19-20H2,(H,32,34). The second kappa shape index (κ2) is 11.2. The third kappa shape index (κ3) is 6.60. The summed E-state index contributed by atoms with van der Waals surface area (Å²) in [7, 11) is 0. The Bertz CT molecular complexity index is 1310. The highest BCUT2D eigenvalue weighted by Gasteiger charge is 2.19. The minimum absolute atomic E-state index is 0.113. The first-order chi connectivity index (χ1) is 17.0. The van der Waals surface area contributed by atoms with Gasteiger partial charge in [0.2, 0.25) is 5.91 Å². The highest BCUT2D eigenvalue weighted by molar-refractivity contribution is 6.06. The lowest BCUT2D eigenvalue weighted by molar-refractivity contribution is -0.120. The van der Waals surface area contributed by atoms with Crippen LogP contribution in [0.5, 0.6) is 0 Å². The van der Waals surface area contributed by atoms with Crippen LogP contribution in [0.15, 0.2) is 103 Å². The van der Waals surface area contributed by atoms with E-state index in [0.717, 1.165) is 16.7 Å². The topological polar surface area (TPSA) is 49.4 Å². The van der Waals surface area contributed by atoms with Gasteiger partial charge in [-0.2, -0.15) is 0 Å². The van der Waals surface area contributed by atoms with Crippen molar-refractivity contribution in [1.82, 2.24) is 5.32 Å². The molecule has 4 rings (SSSR count). The number of rotatable bonds is 8. The van der Waals surface area contributed by atoms with E-state index >= 15 is 0 Å². The molecule has 0 unspecified atom stereocenters. The largest absolute Gasteiger partial charge is 0.352 e. The zero-order chi connectivity index (χ0) is 24.6. The Morgan fingerprint density at radius 3 is 2.14 bits per heavy atom. The van der Waals surface area contributed by atoms with Gasteiger partial charge in [0.1, 0.15) is 11.6 Å². The lowest BCUT2D eigenvalue weighted by Gasteiger charge is -2.24. The van der Waals surface area contributed by atoms with Gasteiger partial charge in [0.15, 0.2) is 0 Å². The summed E-state index contributed by atoms with van der Waals surface area (Å²) in [6, 6.07) is 28.2. The summed E-state index contributed by atoms with van der Waals surface area (Å²) in [4.78, 5) is 27.5. The van der Waals surface area contributed by atoms with Crippen LogP contribution < -0.4 is 10.2 Å². The van der Waals surface area contributed by atoms with Crippen molar-refractivity contribution in [2.75, 3.05) is 4.90 Å². The van der Waals surface area contributed by atoms with Crippen molar-refractivity contribution in [2.24, 2.45) is 0 Å². The van der Waals surface area contributed by atoms with Crippen molar-refractivity contribution < 1.29 is 18.4 Å². The monoisotopic (exact) mass is 470 g/mol. The second-order valence-corrected chi connectivity index (χ2v) is 8.14. The van der Waals surface area contributed by atoms with Crippen LogP contribution in [0.3, 0.4) is 0 Å². The van der Waals surface area contributed by atoms with E-state index in [0.29, 0.717) is 5.69 Å². The average molecular weight is 471 g/mol. The maximum Gasteiger partial charge on any atom is 0.258 e. The molecule has 0 saturated carbocycles. The Morgan fingerprint density at radius 2 is 1.40 bits per heavy atom. The molecule has 6 heteroatoms. The number of nitrogens with zero attached hydrogens (tertiary/aromatic N) is 1. The van der Waals surface area contributed by atoms with Gasteiger partial charge in [-0.3, -0.25) is 9.59 Å². The van der Waals surface area contributed by atoms with Crippen LogP contribution in [0, 0.1) is 11.6 Å². The summed E-state index contributed by atoms with van der Waals surface area (Å²) < 4.78 is 26.9. The molecule has 0 spiro atoms. The molecule has 35 heavy (non-hydrogen) atoms. The first-order valence-corrected chi connectivity index (χ1v) is 11.2. The lowest BCUT2D eigenvalue weighted by atomic mass is 10.1. The molecule has 0 atom stereocenters. The highest BCUT2D eigenvalue weighted by atomic mass is 19.1. The third-order valence-corrected chi connectivity index (χ3v) is 5.49. The molecule has 0 aliphatic heterocycles. The Balaban J connectivity index is 1.52. The van der Waals surface area contributed by atoms with Crippen molar-refractivity contribution in [2.45, 2.75) is 19.5 Å². The molecular formula is C29H24F2N2O2. The van der Waals surface area contributed by atoms with E-state index in [1.54, 1.807) is 41.3 Å². The van der Waals surface area contributed by atoms with Crippen molar-refractivity contribution >= 4 is 17.5 Å². The molecule has 176 valence electrons. The van der Waals surface area contributed by atoms with E-state index in [4.69, 9.17) is 0 Å². The van der Waals surface area contributed by atoms with Gasteiger partial charge in [0.25, 0.3) is 5.91 Å². The maximum atomic E-state index is 13.8. The van der Waals surface area contributed by atoms with Crippen LogP contribution in [-0.4, -0.2) is 11.8 Å². The van der Waals surface area contributed by atoms with E-state index in [1.165, 1.54) is 30.3 Å². The van der Waals surface area contributed by atoms with Gasteiger partial charge in [-0.1, -0.05) is 60.7 Å². The first kappa shape index (κ1) is 23.8. The smallest absolute Gasteiger partial charge is 0.258 e. The van der Waals surface area contributed by atoms with Crippen LogP contribution in [-0.2, 0) is 24.3 Å². The Hall–Kier alpha value is -4.32. The van der Waals surface area contributed by atoms with Crippen LogP contribution >= 0.6 is 0 Å². The minimum atomic E-state index is -0.484. The zero-order valence-electron chi connectivity index (χ0n) is 19.0. The average Bonchev–Trinajstić information content (AvgIpc) is 2.87. The van der Waals surface area contributed by atoms with Crippen LogP contribution in [0.25, 0.3) is 0 Å². The van der Waals surface area contributed by atoms with E-state index in [-0.39, 0.29) is 42.7 Å². The summed E-state index contributed by atoms with van der Waals surface area (Å²) in [6.45, 7) is 0.577. The fourth-order valence-corrected chi connectivity index (χ4v) is 3.71. The second-order valence-electron chi connectivity index (χ2n) is 8.14. The normalized spacial score (nSPS) is 10.6. The lowest BCUT2D eigenvalue weighted by Crippen LogP contribution is -2.30. The molecule has 0 radical (unpaired) electrons. The molecule has 1 N–H and O–H groups in total. The number of halogens is 2. The summed E-state index contributed by atoms with van der Waals surface area (Å²) in [5, 5.41) is 2.83. The molecular weight excluding hydrogens is 446 g/mol. The number of hydrogen-bond donors (Lipinski definition) is 1. The predicted octanol–water partition coefficient (Wildman–Crippen LogP) is 5.67. The molecule has 4 aromatic rings. The zero-order valence-corrected chi connectivity index (χ0v) is 19.0. The quantitative estimate of drug-likeness (QED) is 0.361. The highest BCUT2D eigenvalue weighted by Crippen LogP contribution is 2.22. The number of benzene rings is 4. The van der Waals surface area contributed by atoms with E-state index in [1.807, 2.05) is 36.4 Å². The van der Waals surface area contributed by atoms with Crippen molar-refractivity contribution in [1.29, 1.82) is 0 Å². The Kier molecular flexibility index (Phi) is 7.63. The molecule has 0 aliphatic carbocycles. The van der Waals surface area contributed by atoms with Gasteiger partial charge in [-0.05, 0) is 59.2 Å². The molecule has 4 nitrogen and oxygen atoms in total. The van der Waals surface area contributed by atoms with E-state index in [2.05, 4.69) is 5.32 Å². The third-order valence-electron chi connectivity index (χ3n) is 5.49. The number of anilines is 1. The van der Waals surface area contributed by atoms with Crippen LogP contribution in [0.4, 0.5) is 14.5 Å². The van der Waals surface area contributed by atoms with Gasteiger partial charge >= 0.3 is 0 Å². The molecule has 0 aromatic heterocycles. The van der Waals surface area contributed by atoms with Crippen LogP contribution in [0.2, 0.25) is 0 Å². The van der Waals surface area contributed by atoms with E-state index in [9.17, 15) is 18.4 Å². The fraction of sp³-hybridized carbons (Fsp3) is 0.103. The Labute approximate surface area is 202 Å². The van der Waals surface area contributed by atoms with E-state index < -0.39 is 5.82 Å². The molecule has 2 amide bonds. The maximum absolute atomic E-state index is 13.8. The van der Waals surface area contributed by atoms with Crippen molar-refractivity contribution in [3.63, 3.8) is 0 Å². The molecule has 0 bridgehead atoms. The summed E-state index contributed by atoms with van der Waals surface area (Å²) in [5.74, 6) is -1.35. The summed E-state index contributed by atoms with van der Waals surface area (Å²) >= 11 is 0. The number of carbonyl (C=O) groups excluding carboxylic acids is 2. The molecule has 0 saturated heterocycles. The summed E-state index contributed by atoms with van der Waals surface area (Å²) in [6.07, 6.45) is 0.113. The van der Waals surface area contributed by atoms with Crippen LogP contribution in [0.1, 0.15) is 27.0 Å². The summed E-state index contributed by atoms with van der Waals surface area (Å²) in [5.41, 5.74) is 3.28.